The lowest BCUT2D eigenvalue weighted by molar-refractivity contribution is 0.181. The van der Waals surface area contributed by atoms with Crippen LogP contribution >= 0.6 is 0 Å². The number of rotatable bonds is 6. The van der Waals surface area contributed by atoms with E-state index in [1.807, 2.05) is 30.3 Å². The van der Waals surface area contributed by atoms with E-state index in [1.165, 1.54) is 6.33 Å². The quantitative estimate of drug-likeness (QED) is 0.572. The Morgan fingerprint density at radius 1 is 1.08 bits per heavy atom. The Hall–Kier alpha value is -3.52. The molecule has 0 saturated heterocycles. The summed E-state index contributed by atoms with van der Waals surface area (Å²) in [5.74, 6) is 2.68. The fourth-order valence-corrected chi connectivity index (χ4v) is 2.50. The van der Waals surface area contributed by atoms with Crippen LogP contribution in [0.5, 0.6) is 11.5 Å². The van der Waals surface area contributed by atoms with E-state index in [1.54, 1.807) is 36.2 Å². The van der Waals surface area contributed by atoms with Gasteiger partial charge in [0.15, 0.2) is 0 Å². The maximum Gasteiger partial charge on any atom is 0.254 e. The number of hydrogen-bond acceptors (Lipinski definition) is 7. The van der Waals surface area contributed by atoms with Crippen molar-refractivity contribution in [2.75, 3.05) is 12.4 Å². The Morgan fingerprint density at radius 3 is 2.81 bits per heavy atom. The molecule has 0 atom stereocenters. The standard InChI is InChI=1S/C18H16N6O2/c1-25-11-14-10-17(24-18(23-14)20-12-21-24)22-13-3-2-4-16(9-13)26-15-5-7-19-8-6-15/h2-10,12,22H,11H2,1H3. The average Bonchev–Trinajstić information content (AvgIpc) is 3.12. The highest BCUT2D eigenvalue weighted by Gasteiger charge is 2.08. The first kappa shape index (κ1) is 16.0. The lowest BCUT2D eigenvalue weighted by Crippen LogP contribution is -2.04. The van der Waals surface area contributed by atoms with E-state index in [4.69, 9.17) is 9.47 Å². The molecule has 130 valence electrons. The van der Waals surface area contributed by atoms with E-state index in [9.17, 15) is 0 Å². The SMILES string of the molecule is COCc1cc(Nc2cccc(Oc3ccncc3)c2)n2ncnc2n1. The summed E-state index contributed by atoms with van der Waals surface area (Å²) >= 11 is 0. The first-order chi connectivity index (χ1) is 12.8. The van der Waals surface area contributed by atoms with Crippen LogP contribution in [-0.4, -0.2) is 31.7 Å². The summed E-state index contributed by atoms with van der Waals surface area (Å²) in [4.78, 5) is 12.5. The van der Waals surface area contributed by atoms with Crippen molar-refractivity contribution in [3.8, 4) is 11.5 Å². The average molecular weight is 348 g/mol. The van der Waals surface area contributed by atoms with Crippen molar-refractivity contribution < 1.29 is 9.47 Å². The predicted octanol–water partition coefficient (Wildman–Crippen LogP) is 3.20. The molecule has 0 fully saturated rings. The molecule has 0 amide bonds. The third-order valence-electron chi connectivity index (χ3n) is 3.59. The van der Waals surface area contributed by atoms with Crippen molar-refractivity contribution in [2.45, 2.75) is 6.61 Å². The second-order valence-electron chi connectivity index (χ2n) is 5.48. The van der Waals surface area contributed by atoms with Gasteiger partial charge in [-0.3, -0.25) is 4.98 Å². The summed E-state index contributed by atoms with van der Waals surface area (Å²) in [6.07, 6.45) is 4.84. The van der Waals surface area contributed by atoms with E-state index in [0.29, 0.717) is 18.1 Å². The number of aromatic nitrogens is 5. The summed E-state index contributed by atoms with van der Waals surface area (Å²) in [6, 6.07) is 13.1. The van der Waals surface area contributed by atoms with Gasteiger partial charge in [-0.25, -0.2) is 4.98 Å². The van der Waals surface area contributed by atoms with Crippen molar-refractivity contribution >= 4 is 17.3 Å². The van der Waals surface area contributed by atoms with Crippen molar-refractivity contribution in [3.63, 3.8) is 0 Å². The summed E-state index contributed by atoms with van der Waals surface area (Å²) in [5, 5.41) is 7.54. The molecule has 4 aromatic rings. The second kappa shape index (κ2) is 7.16. The number of methoxy groups -OCH3 is 1. The molecule has 0 aliphatic rings. The van der Waals surface area contributed by atoms with Crippen LogP contribution in [-0.2, 0) is 11.3 Å². The number of fused-ring (bicyclic) bond motifs is 1. The monoisotopic (exact) mass is 348 g/mol. The third kappa shape index (κ3) is 3.45. The fraction of sp³-hybridized carbons (Fsp3) is 0.111. The van der Waals surface area contributed by atoms with Crippen molar-refractivity contribution in [1.82, 2.24) is 24.6 Å². The van der Waals surface area contributed by atoms with Gasteiger partial charge < -0.3 is 14.8 Å². The van der Waals surface area contributed by atoms with Crippen LogP contribution in [0, 0.1) is 0 Å². The Labute approximate surface area is 149 Å². The summed E-state index contributed by atoms with van der Waals surface area (Å²) < 4.78 is 12.7. The van der Waals surface area contributed by atoms with E-state index in [-0.39, 0.29) is 0 Å². The van der Waals surface area contributed by atoms with E-state index in [0.717, 1.165) is 22.9 Å². The number of benzene rings is 1. The van der Waals surface area contributed by atoms with Crippen LogP contribution in [0.4, 0.5) is 11.5 Å². The van der Waals surface area contributed by atoms with Crippen LogP contribution in [0.2, 0.25) is 0 Å². The molecule has 0 aliphatic carbocycles. The molecule has 0 radical (unpaired) electrons. The van der Waals surface area contributed by atoms with Crippen LogP contribution < -0.4 is 10.1 Å². The molecular formula is C18H16N6O2. The number of pyridine rings is 1. The summed E-state index contributed by atoms with van der Waals surface area (Å²) in [6.45, 7) is 0.392. The van der Waals surface area contributed by atoms with Gasteiger partial charge in [-0.1, -0.05) is 6.07 Å². The number of ether oxygens (including phenoxy) is 2. The molecule has 8 heteroatoms. The minimum Gasteiger partial charge on any atom is -0.457 e. The van der Waals surface area contributed by atoms with E-state index in [2.05, 4.69) is 25.4 Å². The number of hydrogen-bond donors (Lipinski definition) is 1. The van der Waals surface area contributed by atoms with Crippen LogP contribution in [0.25, 0.3) is 5.78 Å². The zero-order valence-electron chi connectivity index (χ0n) is 14.0. The van der Waals surface area contributed by atoms with Crippen molar-refractivity contribution in [3.05, 3.63) is 66.9 Å². The van der Waals surface area contributed by atoms with Gasteiger partial charge in [0, 0.05) is 37.3 Å². The second-order valence-corrected chi connectivity index (χ2v) is 5.48. The molecule has 0 unspecified atom stereocenters. The van der Waals surface area contributed by atoms with Gasteiger partial charge in [-0.2, -0.15) is 14.6 Å². The zero-order valence-corrected chi connectivity index (χ0v) is 14.0. The predicted molar refractivity (Wildman–Crippen MR) is 95.5 cm³/mol. The molecular weight excluding hydrogens is 332 g/mol. The normalized spacial score (nSPS) is 10.8. The van der Waals surface area contributed by atoms with Gasteiger partial charge in [0.2, 0.25) is 0 Å². The van der Waals surface area contributed by atoms with Crippen LogP contribution in [0.1, 0.15) is 5.69 Å². The molecule has 8 nitrogen and oxygen atoms in total. The smallest absolute Gasteiger partial charge is 0.254 e. The van der Waals surface area contributed by atoms with Gasteiger partial charge in [0.25, 0.3) is 5.78 Å². The Balaban J connectivity index is 1.62. The maximum absolute atomic E-state index is 5.84. The molecule has 26 heavy (non-hydrogen) atoms. The van der Waals surface area contributed by atoms with Gasteiger partial charge >= 0.3 is 0 Å². The largest absolute Gasteiger partial charge is 0.457 e. The molecule has 4 rings (SSSR count). The van der Waals surface area contributed by atoms with Crippen LogP contribution in [0.15, 0.2) is 61.2 Å². The lowest BCUT2D eigenvalue weighted by Gasteiger charge is -2.11. The van der Waals surface area contributed by atoms with E-state index >= 15 is 0 Å². The minimum absolute atomic E-state index is 0.392. The van der Waals surface area contributed by atoms with Crippen LogP contribution in [0.3, 0.4) is 0 Å². The lowest BCUT2D eigenvalue weighted by atomic mass is 10.3. The third-order valence-corrected chi connectivity index (χ3v) is 3.59. The highest BCUT2D eigenvalue weighted by molar-refractivity contribution is 5.60. The highest BCUT2D eigenvalue weighted by atomic mass is 16.5. The summed E-state index contributed by atoms with van der Waals surface area (Å²) in [5.41, 5.74) is 1.61. The topological polar surface area (TPSA) is 86.5 Å². The molecule has 3 aromatic heterocycles. The van der Waals surface area contributed by atoms with Gasteiger partial charge in [0.1, 0.15) is 23.6 Å². The minimum atomic E-state index is 0.392. The Kier molecular flexibility index (Phi) is 4.40. The van der Waals surface area contributed by atoms with Gasteiger partial charge in [-0.15, -0.1) is 0 Å². The molecule has 3 heterocycles. The number of nitrogens with one attached hydrogen (secondary N) is 1. The molecule has 0 spiro atoms. The first-order valence-electron chi connectivity index (χ1n) is 7.95. The highest BCUT2D eigenvalue weighted by Crippen LogP contribution is 2.25. The zero-order chi connectivity index (χ0) is 17.8. The Morgan fingerprint density at radius 2 is 1.96 bits per heavy atom. The number of anilines is 2. The van der Waals surface area contributed by atoms with Crippen molar-refractivity contribution in [2.24, 2.45) is 0 Å². The molecule has 0 saturated carbocycles. The Bertz CT molecular complexity index is 1020. The van der Waals surface area contributed by atoms with E-state index < -0.39 is 0 Å². The van der Waals surface area contributed by atoms with Gasteiger partial charge in [-0.05, 0) is 24.3 Å². The molecule has 1 aromatic carbocycles. The summed E-state index contributed by atoms with van der Waals surface area (Å²) in [7, 11) is 1.63. The van der Waals surface area contributed by atoms with Gasteiger partial charge in [0.05, 0.1) is 12.3 Å². The number of nitrogens with zero attached hydrogens (tertiary/aromatic N) is 5. The molecule has 0 aliphatic heterocycles. The molecule has 1 N–H and O–H groups in total. The first-order valence-corrected chi connectivity index (χ1v) is 7.95. The molecule has 0 bridgehead atoms. The van der Waals surface area contributed by atoms with Crippen molar-refractivity contribution in [1.29, 1.82) is 0 Å². The maximum atomic E-state index is 5.84. The fourth-order valence-electron chi connectivity index (χ4n) is 2.50.